The number of nitrogens with zero attached hydrogens (tertiary/aromatic N) is 2. The van der Waals surface area contributed by atoms with E-state index in [0.29, 0.717) is 5.69 Å². The maximum absolute atomic E-state index is 12.6. The molecule has 0 aliphatic carbocycles. The van der Waals surface area contributed by atoms with Crippen LogP contribution < -0.4 is 4.90 Å². The summed E-state index contributed by atoms with van der Waals surface area (Å²) in [6.07, 6.45) is 1.63. The van der Waals surface area contributed by atoms with E-state index >= 15 is 0 Å². The molecule has 0 bridgehead atoms. The number of rotatable bonds is 3. The first kappa shape index (κ1) is 16.3. The van der Waals surface area contributed by atoms with Gasteiger partial charge in [0.2, 0.25) is 0 Å². The third-order valence-electron chi connectivity index (χ3n) is 4.87. The number of hydrogen-bond acceptors (Lipinski definition) is 4. The van der Waals surface area contributed by atoms with E-state index in [-0.39, 0.29) is 0 Å². The number of carbonyl (C=O) groups excluding carboxylic acids is 1. The summed E-state index contributed by atoms with van der Waals surface area (Å²) < 4.78 is 6.02. The molecule has 1 atom stereocenters. The molecule has 4 nitrogen and oxygen atoms in total. The summed E-state index contributed by atoms with van der Waals surface area (Å²) in [7, 11) is 4.00. The van der Waals surface area contributed by atoms with Crippen molar-refractivity contribution in [2.45, 2.75) is 12.5 Å². The van der Waals surface area contributed by atoms with Gasteiger partial charge in [-0.15, -0.1) is 0 Å². The van der Waals surface area contributed by atoms with Gasteiger partial charge in [-0.3, -0.25) is 0 Å². The predicted octanol–water partition coefficient (Wildman–Crippen LogP) is 3.92. The van der Waals surface area contributed by atoms with Crippen molar-refractivity contribution in [3.05, 3.63) is 94.8 Å². The van der Waals surface area contributed by atoms with Crippen LogP contribution in [0.1, 0.15) is 32.7 Å². The molecule has 1 aromatic heterocycles. The second-order valence-electron chi connectivity index (χ2n) is 6.78. The number of anilines is 1. The highest BCUT2D eigenvalue weighted by Crippen LogP contribution is 2.46. The van der Waals surface area contributed by atoms with E-state index < -0.39 is 11.6 Å². The zero-order valence-electron chi connectivity index (χ0n) is 15.1. The standard InChI is InChI=1S/C22H20N2O2/c1-15-6-8-16(9-7-15)22(17-10-12-18(13-11-17)24(2)3)19-5-4-14-23-20(19)21(25)26-22/h4-14H,1-3H3. The molecule has 0 spiro atoms. The molecule has 3 aromatic rings. The van der Waals surface area contributed by atoms with Gasteiger partial charge in [-0.1, -0.05) is 48.0 Å². The van der Waals surface area contributed by atoms with E-state index in [1.54, 1.807) is 6.20 Å². The van der Waals surface area contributed by atoms with Gasteiger partial charge in [0.1, 0.15) is 0 Å². The first-order valence-corrected chi connectivity index (χ1v) is 8.56. The lowest BCUT2D eigenvalue weighted by atomic mass is 9.80. The molecular weight excluding hydrogens is 324 g/mol. The highest BCUT2D eigenvalue weighted by molar-refractivity contribution is 5.94. The molecule has 1 aliphatic heterocycles. The number of hydrogen-bond donors (Lipinski definition) is 0. The van der Waals surface area contributed by atoms with Crippen LogP contribution >= 0.6 is 0 Å². The Hall–Kier alpha value is -3.14. The van der Waals surface area contributed by atoms with Gasteiger partial charge in [-0.2, -0.15) is 0 Å². The van der Waals surface area contributed by atoms with Crippen molar-refractivity contribution in [1.82, 2.24) is 4.98 Å². The predicted molar refractivity (Wildman–Crippen MR) is 101 cm³/mol. The Morgan fingerprint density at radius 2 is 1.54 bits per heavy atom. The fourth-order valence-corrected chi connectivity index (χ4v) is 3.47. The topological polar surface area (TPSA) is 42.4 Å². The molecule has 0 amide bonds. The van der Waals surface area contributed by atoms with Crippen molar-refractivity contribution < 1.29 is 9.53 Å². The van der Waals surface area contributed by atoms with Crippen molar-refractivity contribution in [2.24, 2.45) is 0 Å². The Labute approximate surface area is 153 Å². The Morgan fingerprint density at radius 3 is 2.15 bits per heavy atom. The first-order valence-electron chi connectivity index (χ1n) is 8.56. The van der Waals surface area contributed by atoms with Gasteiger partial charge in [0.05, 0.1) is 0 Å². The number of esters is 1. The smallest absolute Gasteiger partial charge is 0.358 e. The number of cyclic esters (lactones) is 1. The maximum Gasteiger partial charge on any atom is 0.358 e. The van der Waals surface area contributed by atoms with Crippen LogP contribution in [0.5, 0.6) is 0 Å². The minimum Gasteiger partial charge on any atom is -0.439 e. The van der Waals surface area contributed by atoms with E-state index in [9.17, 15) is 4.79 Å². The van der Waals surface area contributed by atoms with E-state index in [1.807, 2.05) is 86.6 Å². The minimum atomic E-state index is -0.973. The van der Waals surface area contributed by atoms with Crippen molar-refractivity contribution in [2.75, 3.05) is 19.0 Å². The molecule has 26 heavy (non-hydrogen) atoms. The number of ether oxygens (including phenoxy) is 1. The summed E-state index contributed by atoms with van der Waals surface area (Å²) in [6, 6.07) is 20.0. The molecule has 130 valence electrons. The number of aryl methyl sites for hydroxylation is 1. The zero-order valence-corrected chi connectivity index (χ0v) is 15.1. The summed E-state index contributed by atoms with van der Waals surface area (Å²) in [6.45, 7) is 2.04. The van der Waals surface area contributed by atoms with Crippen LogP contribution in [0.25, 0.3) is 0 Å². The fourth-order valence-electron chi connectivity index (χ4n) is 3.47. The largest absolute Gasteiger partial charge is 0.439 e. The quantitative estimate of drug-likeness (QED) is 0.676. The average molecular weight is 344 g/mol. The lowest BCUT2D eigenvalue weighted by molar-refractivity contribution is 0.0249. The fraction of sp³-hybridized carbons (Fsp3) is 0.182. The summed E-state index contributed by atoms with van der Waals surface area (Å²) in [4.78, 5) is 18.9. The third kappa shape index (κ3) is 2.37. The zero-order chi connectivity index (χ0) is 18.3. The Balaban J connectivity index is 1.97. The van der Waals surface area contributed by atoms with E-state index in [4.69, 9.17) is 4.74 Å². The molecule has 0 saturated heterocycles. The van der Waals surface area contributed by atoms with Crippen molar-refractivity contribution in [3.8, 4) is 0 Å². The lowest BCUT2D eigenvalue weighted by Gasteiger charge is -2.30. The highest BCUT2D eigenvalue weighted by atomic mass is 16.6. The molecule has 0 radical (unpaired) electrons. The van der Waals surface area contributed by atoms with Gasteiger partial charge in [-0.05, 0) is 25.1 Å². The number of benzene rings is 2. The Bertz CT molecular complexity index is 962. The Kier molecular flexibility index (Phi) is 3.76. The number of aromatic nitrogens is 1. The van der Waals surface area contributed by atoms with E-state index in [0.717, 1.165) is 27.9 Å². The second kappa shape index (κ2) is 5.99. The van der Waals surface area contributed by atoms with Crippen LogP contribution in [0.15, 0.2) is 66.9 Å². The van der Waals surface area contributed by atoms with Crippen LogP contribution in [0, 0.1) is 6.92 Å². The van der Waals surface area contributed by atoms with Gasteiger partial charge in [0, 0.05) is 42.7 Å². The summed E-state index contributed by atoms with van der Waals surface area (Å²) in [5, 5.41) is 0. The Morgan fingerprint density at radius 1 is 0.923 bits per heavy atom. The summed E-state index contributed by atoms with van der Waals surface area (Å²) in [5.41, 5.74) is 4.26. The summed E-state index contributed by atoms with van der Waals surface area (Å²) in [5.74, 6) is -0.391. The summed E-state index contributed by atoms with van der Waals surface area (Å²) >= 11 is 0. The van der Waals surface area contributed by atoms with Crippen LogP contribution in [0.4, 0.5) is 5.69 Å². The minimum absolute atomic E-state index is 0.379. The highest BCUT2D eigenvalue weighted by Gasteiger charge is 2.49. The molecule has 1 unspecified atom stereocenters. The van der Waals surface area contributed by atoms with Crippen LogP contribution in [0.3, 0.4) is 0 Å². The van der Waals surface area contributed by atoms with Crippen LogP contribution in [-0.4, -0.2) is 25.0 Å². The molecule has 0 fully saturated rings. The van der Waals surface area contributed by atoms with Gasteiger partial charge < -0.3 is 9.64 Å². The average Bonchev–Trinajstić information content (AvgIpc) is 2.96. The van der Waals surface area contributed by atoms with Gasteiger partial charge >= 0.3 is 5.97 Å². The molecule has 2 aromatic carbocycles. The number of pyridine rings is 1. The number of fused-ring (bicyclic) bond motifs is 1. The second-order valence-corrected chi connectivity index (χ2v) is 6.78. The monoisotopic (exact) mass is 344 g/mol. The molecular formula is C22H20N2O2. The van der Waals surface area contributed by atoms with Gasteiger partial charge in [0.15, 0.2) is 11.3 Å². The van der Waals surface area contributed by atoms with Crippen molar-refractivity contribution in [1.29, 1.82) is 0 Å². The van der Waals surface area contributed by atoms with E-state index in [1.165, 1.54) is 0 Å². The molecule has 0 N–H and O–H groups in total. The lowest BCUT2D eigenvalue weighted by Crippen LogP contribution is -2.29. The van der Waals surface area contributed by atoms with Crippen molar-refractivity contribution in [3.63, 3.8) is 0 Å². The molecule has 4 heteroatoms. The number of carbonyl (C=O) groups is 1. The molecule has 2 heterocycles. The van der Waals surface area contributed by atoms with Gasteiger partial charge in [-0.25, -0.2) is 9.78 Å². The van der Waals surface area contributed by atoms with Crippen molar-refractivity contribution >= 4 is 11.7 Å². The maximum atomic E-state index is 12.6. The van der Waals surface area contributed by atoms with Crippen LogP contribution in [0.2, 0.25) is 0 Å². The van der Waals surface area contributed by atoms with Crippen LogP contribution in [-0.2, 0) is 10.3 Å². The molecule has 0 saturated carbocycles. The van der Waals surface area contributed by atoms with E-state index in [2.05, 4.69) is 4.98 Å². The molecule has 4 rings (SSSR count). The normalized spacial score (nSPS) is 18.3. The molecule has 1 aliphatic rings. The third-order valence-corrected chi connectivity index (χ3v) is 4.87. The SMILES string of the molecule is Cc1ccc(C2(c3ccc(N(C)C)cc3)OC(=O)c3ncccc32)cc1. The first-order chi connectivity index (χ1) is 12.5. The van der Waals surface area contributed by atoms with Gasteiger partial charge in [0.25, 0.3) is 0 Å².